The quantitative estimate of drug-likeness (QED) is 0.511. The summed E-state index contributed by atoms with van der Waals surface area (Å²) in [6.07, 6.45) is 1.59. The highest BCUT2D eigenvalue weighted by Crippen LogP contribution is 2.28. The van der Waals surface area contributed by atoms with Crippen molar-refractivity contribution in [1.82, 2.24) is 10.6 Å². The minimum atomic E-state index is -3.26. The number of urea groups is 1. The maximum absolute atomic E-state index is 13.7. The molecule has 3 amide bonds. The number of carbonyl (C=O) groups excluding carboxylic acids is 2. The summed E-state index contributed by atoms with van der Waals surface area (Å²) in [6.45, 7) is 1.76. The van der Waals surface area contributed by atoms with Gasteiger partial charge in [-0.1, -0.05) is 12.5 Å². The summed E-state index contributed by atoms with van der Waals surface area (Å²) in [4.78, 5) is 23.3. The smallest absolute Gasteiger partial charge is 0.315 e. The van der Waals surface area contributed by atoms with Crippen molar-refractivity contribution < 1.29 is 22.4 Å². The van der Waals surface area contributed by atoms with E-state index in [2.05, 4.69) is 16.0 Å². The molecule has 2 aliphatic rings. The first-order chi connectivity index (χ1) is 12.3. The zero-order valence-corrected chi connectivity index (χ0v) is 15.2. The Morgan fingerprint density at radius 1 is 1.31 bits per heavy atom. The lowest BCUT2D eigenvalue weighted by Crippen LogP contribution is -2.39. The van der Waals surface area contributed by atoms with Crippen LogP contribution in [-0.4, -0.2) is 43.4 Å². The summed E-state index contributed by atoms with van der Waals surface area (Å²) in [5, 5.41) is 7.19. The van der Waals surface area contributed by atoms with Gasteiger partial charge >= 0.3 is 6.03 Å². The van der Waals surface area contributed by atoms with Gasteiger partial charge in [0.15, 0.2) is 9.84 Å². The molecule has 9 heteroatoms. The molecule has 0 spiro atoms. The lowest BCUT2D eigenvalue weighted by Gasteiger charge is -2.16. The third-order valence-electron chi connectivity index (χ3n) is 4.86. The molecule has 0 aromatic heterocycles. The molecular formula is C17H22FN3O4S. The Balaban J connectivity index is 1.46. The molecule has 1 aromatic rings. The van der Waals surface area contributed by atoms with Gasteiger partial charge in [-0.25, -0.2) is 17.6 Å². The second-order valence-electron chi connectivity index (χ2n) is 6.90. The van der Waals surface area contributed by atoms with E-state index in [0.29, 0.717) is 19.3 Å². The molecule has 2 fully saturated rings. The van der Waals surface area contributed by atoms with Crippen LogP contribution in [0.4, 0.5) is 14.9 Å². The maximum Gasteiger partial charge on any atom is 0.315 e. The SMILES string of the molecule is Cc1ccc(NC(=O)CCCC[C@@H]2[C@@H]3NC(=O)N[C@@H]3CS2(=O)=O)c(F)c1. The zero-order valence-electron chi connectivity index (χ0n) is 14.4. The van der Waals surface area contributed by atoms with Crippen LogP contribution in [0.2, 0.25) is 0 Å². The molecular weight excluding hydrogens is 361 g/mol. The average molecular weight is 383 g/mol. The van der Waals surface area contributed by atoms with Crippen LogP contribution >= 0.6 is 0 Å². The fourth-order valence-corrected chi connectivity index (χ4v) is 5.84. The molecule has 2 heterocycles. The molecule has 0 bridgehead atoms. The molecule has 1 aromatic carbocycles. The number of halogens is 1. The molecule has 0 aliphatic carbocycles. The summed E-state index contributed by atoms with van der Waals surface area (Å²) in [7, 11) is -3.26. The van der Waals surface area contributed by atoms with Gasteiger partial charge in [-0.15, -0.1) is 0 Å². The van der Waals surface area contributed by atoms with Gasteiger partial charge in [0, 0.05) is 6.42 Å². The number of hydrogen-bond acceptors (Lipinski definition) is 4. The summed E-state index contributed by atoms with van der Waals surface area (Å²) in [5.41, 5.74) is 0.909. The number of rotatable bonds is 6. The summed E-state index contributed by atoms with van der Waals surface area (Å²) in [5.74, 6) is -0.837. The van der Waals surface area contributed by atoms with Crippen molar-refractivity contribution in [3.8, 4) is 0 Å². The van der Waals surface area contributed by atoms with Gasteiger partial charge in [0.05, 0.1) is 28.8 Å². The number of carbonyl (C=O) groups is 2. The third kappa shape index (κ3) is 3.98. The number of anilines is 1. The number of nitrogens with one attached hydrogen (secondary N) is 3. The lowest BCUT2D eigenvalue weighted by atomic mass is 10.0. The van der Waals surface area contributed by atoms with Crippen molar-refractivity contribution in [2.75, 3.05) is 11.1 Å². The number of sulfone groups is 1. The Morgan fingerprint density at radius 2 is 2.08 bits per heavy atom. The van der Waals surface area contributed by atoms with E-state index in [1.165, 1.54) is 12.1 Å². The predicted molar refractivity (Wildman–Crippen MR) is 95.1 cm³/mol. The molecule has 0 saturated carbocycles. The van der Waals surface area contributed by atoms with E-state index in [4.69, 9.17) is 0 Å². The first-order valence-electron chi connectivity index (χ1n) is 8.61. The number of benzene rings is 1. The van der Waals surface area contributed by atoms with Gasteiger partial charge in [0.1, 0.15) is 5.82 Å². The second kappa shape index (κ2) is 7.22. The Bertz CT molecular complexity index is 827. The second-order valence-corrected chi connectivity index (χ2v) is 9.16. The zero-order chi connectivity index (χ0) is 18.9. The van der Waals surface area contributed by atoms with Gasteiger partial charge in [0.2, 0.25) is 5.91 Å². The standard InChI is InChI=1S/C17H22FN3O4S/c1-10-6-7-12(11(18)8-10)19-15(22)5-3-2-4-14-16-13(9-26(14,24)25)20-17(23)21-16/h6-8,13-14,16H,2-5,9H2,1H3,(H,19,22)(H2,20,21,23)/t13-,14-,16-/m1/s1. The van der Waals surface area contributed by atoms with E-state index < -0.39 is 26.9 Å². The van der Waals surface area contributed by atoms with Gasteiger partial charge in [-0.05, 0) is 37.5 Å². The number of hydrogen-bond donors (Lipinski definition) is 3. The third-order valence-corrected chi connectivity index (χ3v) is 7.14. The van der Waals surface area contributed by atoms with Crippen molar-refractivity contribution in [3.05, 3.63) is 29.6 Å². The number of fused-ring (bicyclic) bond motifs is 1. The Labute approximate surface area is 151 Å². The lowest BCUT2D eigenvalue weighted by molar-refractivity contribution is -0.116. The van der Waals surface area contributed by atoms with E-state index >= 15 is 0 Å². The van der Waals surface area contributed by atoms with Crippen LogP contribution in [0.1, 0.15) is 31.2 Å². The summed E-state index contributed by atoms with van der Waals surface area (Å²) < 4.78 is 38.1. The highest BCUT2D eigenvalue weighted by molar-refractivity contribution is 7.92. The van der Waals surface area contributed by atoms with E-state index in [-0.39, 0.29) is 35.8 Å². The molecule has 0 radical (unpaired) electrons. The van der Waals surface area contributed by atoms with Gasteiger partial charge in [0.25, 0.3) is 0 Å². The average Bonchev–Trinajstić information content (AvgIpc) is 2.99. The first kappa shape index (κ1) is 18.6. The minimum absolute atomic E-state index is 0.0474. The van der Waals surface area contributed by atoms with Crippen molar-refractivity contribution in [2.45, 2.75) is 49.9 Å². The van der Waals surface area contributed by atoms with Crippen molar-refractivity contribution in [1.29, 1.82) is 0 Å². The Kier molecular flexibility index (Phi) is 5.17. The number of aryl methyl sites for hydroxylation is 1. The molecule has 3 rings (SSSR count). The van der Waals surface area contributed by atoms with E-state index in [1.54, 1.807) is 13.0 Å². The van der Waals surface area contributed by atoms with Crippen LogP contribution in [0.15, 0.2) is 18.2 Å². The Hall–Kier alpha value is -2.16. The largest absolute Gasteiger partial charge is 0.332 e. The molecule has 3 N–H and O–H groups in total. The maximum atomic E-state index is 13.7. The molecule has 142 valence electrons. The van der Waals surface area contributed by atoms with Crippen LogP contribution in [0.25, 0.3) is 0 Å². The molecule has 26 heavy (non-hydrogen) atoms. The van der Waals surface area contributed by atoms with Crippen molar-refractivity contribution >= 4 is 27.5 Å². The highest BCUT2D eigenvalue weighted by atomic mass is 32.2. The predicted octanol–water partition coefficient (Wildman–Crippen LogP) is 1.48. The molecule has 2 aliphatic heterocycles. The van der Waals surface area contributed by atoms with Crippen LogP contribution in [-0.2, 0) is 14.6 Å². The minimum Gasteiger partial charge on any atom is -0.332 e. The molecule has 3 atom stereocenters. The van der Waals surface area contributed by atoms with Crippen molar-refractivity contribution in [3.63, 3.8) is 0 Å². The number of unbranched alkanes of at least 4 members (excludes halogenated alkanes) is 1. The van der Waals surface area contributed by atoms with Crippen molar-refractivity contribution in [2.24, 2.45) is 0 Å². The summed E-state index contributed by atoms with van der Waals surface area (Å²) in [6, 6.07) is 3.47. The van der Waals surface area contributed by atoms with Gasteiger partial charge in [-0.2, -0.15) is 0 Å². The Morgan fingerprint density at radius 3 is 2.81 bits per heavy atom. The van der Waals surface area contributed by atoms with E-state index in [9.17, 15) is 22.4 Å². The van der Waals surface area contributed by atoms with Crippen LogP contribution in [0, 0.1) is 12.7 Å². The van der Waals surface area contributed by atoms with Crippen LogP contribution in [0.3, 0.4) is 0 Å². The monoisotopic (exact) mass is 383 g/mol. The fraction of sp³-hybridized carbons (Fsp3) is 0.529. The summed E-state index contributed by atoms with van der Waals surface area (Å²) >= 11 is 0. The van der Waals surface area contributed by atoms with E-state index in [0.717, 1.165) is 5.56 Å². The fourth-order valence-electron chi connectivity index (χ4n) is 3.57. The van der Waals surface area contributed by atoms with Crippen LogP contribution < -0.4 is 16.0 Å². The van der Waals surface area contributed by atoms with Gasteiger partial charge in [-0.3, -0.25) is 4.79 Å². The highest BCUT2D eigenvalue weighted by Gasteiger charge is 2.51. The topological polar surface area (TPSA) is 104 Å². The normalized spacial score (nSPS) is 26.1. The molecule has 0 unspecified atom stereocenters. The van der Waals surface area contributed by atoms with Crippen LogP contribution in [0.5, 0.6) is 0 Å². The molecule has 2 saturated heterocycles. The first-order valence-corrected chi connectivity index (χ1v) is 10.3. The van der Waals surface area contributed by atoms with E-state index in [1.807, 2.05) is 0 Å². The number of amides is 3. The van der Waals surface area contributed by atoms with Gasteiger partial charge < -0.3 is 16.0 Å². The molecule has 7 nitrogen and oxygen atoms in total.